The average molecular weight is 269 g/mol. The van der Waals surface area contributed by atoms with E-state index in [2.05, 4.69) is 11.3 Å². The zero-order valence-electron chi connectivity index (χ0n) is 3.93. The summed E-state index contributed by atoms with van der Waals surface area (Å²) in [5.41, 5.74) is 0. The van der Waals surface area contributed by atoms with Gasteiger partial charge in [0, 0.05) is 0 Å². The number of carbonyl (C=O) groups excluding carboxylic acids is 1. The van der Waals surface area contributed by atoms with Crippen LogP contribution in [0.15, 0.2) is 6.58 Å². The molecule has 0 fully saturated rings. The summed E-state index contributed by atoms with van der Waals surface area (Å²) in [6.07, 6.45) is 2.00. The number of ether oxygens (including phenoxy) is 1. The molecule has 0 spiro atoms. The van der Waals surface area contributed by atoms with Crippen LogP contribution >= 0.6 is 0 Å². The molecule has 0 saturated heterocycles. The number of rotatable bonds is 1. The normalized spacial score (nSPS) is 5.86. The molecule has 0 aromatic carbocycles. The Balaban J connectivity index is 0. The van der Waals surface area contributed by atoms with Gasteiger partial charge < -0.3 is 10.8 Å². The van der Waals surface area contributed by atoms with E-state index in [0.717, 1.165) is 0 Å². The van der Waals surface area contributed by atoms with E-state index < -0.39 is 5.97 Å². The monoisotopic (exact) mass is 269 g/mol. The molecule has 0 N–H and O–H groups in total. The molecule has 0 heterocycles. The van der Waals surface area contributed by atoms with Crippen molar-refractivity contribution in [2.24, 2.45) is 0 Å². The Morgan fingerprint density at radius 1 is 1.86 bits per heavy atom. The minimum absolute atomic E-state index is 0. The topological polar surface area (TPSA) is 26.3 Å². The fraction of sp³-hybridized carbons (Fsp3) is 0.250. The predicted molar refractivity (Wildman–Crippen MR) is 20.9 cm³/mol. The van der Waals surface area contributed by atoms with Crippen LogP contribution in [0.4, 0.5) is 0 Å². The second-order valence-corrected chi connectivity index (χ2v) is 0.668. The Morgan fingerprint density at radius 2 is 2.29 bits per heavy atom. The fourth-order valence-electron chi connectivity index (χ4n) is 0.0722. The Bertz CT molecular complexity index is 70.1. The van der Waals surface area contributed by atoms with Crippen molar-refractivity contribution in [1.82, 2.24) is 0 Å². The maximum atomic E-state index is 9.78. The molecule has 3 heteroatoms. The van der Waals surface area contributed by atoms with Crippen molar-refractivity contribution in [2.75, 3.05) is 7.11 Å². The first-order chi connectivity index (χ1) is 2.81. The van der Waals surface area contributed by atoms with Gasteiger partial charge in [-0.1, -0.05) is 0 Å². The molecular weight excluding hydrogens is 264 g/mol. The molecule has 0 aliphatic rings. The molecule has 0 bridgehead atoms. The van der Waals surface area contributed by atoms with Crippen molar-refractivity contribution in [3.63, 3.8) is 0 Å². The molecule has 0 radical (unpaired) electrons. The van der Waals surface area contributed by atoms with Crippen LogP contribution in [0.1, 0.15) is 0 Å². The Kier molecular flexibility index (Phi) is 8.43. The molecule has 7 heavy (non-hydrogen) atoms. The number of hydrogen-bond donors (Lipinski definition) is 0. The van der Waals surface area contributed by atoms with Crippen molar-refractivity contribution in [2.45, 2.75) is 0 Å². The molecule has 0 aromatic rings. The van der Waals surface area contributed by atoms with Gasteiger partial charge >= 0.3 is 21.1 Å². The molecule has 0 aliphatic heterocycles. The second kappa shape index (κ2) is 5.90. The van der Waals surface area contributed by atoms with Gasteiger partial charge in [-0.25, -0.2) is 0 Å². The van der Waals surface area contributed by atoms with Crippen molar-refractivity contribution >= 4 is 5.97 Å². The first-order valence-electron chi connectivity index (χ1n) is 1.42. The molecule has 0 aliphatic carbocycles. The Labute approximate surface area is 56.8 Å². The van der Waals surface area contributed by atoms with Gasteiger partial charge in [-0.05, 0) is 0 Å². The summed E-state index contributed by atoms with van der Waals surface area (Å²) >= 11 is 0. The van der Waals surface area contributed by atoms with Gasteiger partial charge in [0.1, 0.15) is 5.97 Å². The summed E-state index contributed by atoms with van der Waals surface area (Å²) < 4.78 is 4.09. The molecule has 2 nitrogen and oxygen atoms in total. The van der Waals surface area contributed by atoms with Crippen LogP contribution in [-0.2, 0) is 30.6 Å². The van der Waals surface area contributed by atoms with E-state index in [-0.39, 0.29) is 21.1 Å². The maximum Gasteiger partial charge on any atom is 2.00 e. The van der Waals surface area contributed by atoms with Crippen molar-refractivity contribution in [1.29, 1.82) is 0 Å². The third-order valence-electron chi connectivity index (χ3n) is 0.330. The van der Waals surface area contributed by atoms with Crippen LogP contribution in [0.2, 0.25) is 0 Å². The smallest absolute Gasteiger partial charge is 0.493 e. The third kappa shape index (κ3) is 5.90. The summed E-state index contributed by atoms with van der Waals surface area (Å²) in [5, 5.41) is 0. The Morgan fingerprint density at radius 3 is 2.29 bits per heavy atom. The predicted octanol–water partition coefficient (Wildman–Crippen LogP) is 0.146. The minimum Gasteiger partial charge on any atom is -0.493 e. The molecule has 38 valence electrons. The average Bonchev–Trinajstić information content (AvgIpc) is 1.65. The van der Waals surface area contributed by atoms with Crippen LogP contribution in [0.25, 0.3) is 0 Å². The van der Waals surface area contributed by atoms with Crippen molar-refractivity contribution < 1.29 is 30.6 Å². The van der Waals surface area contributed by atoms with Gasteiger partial charge in [0.05, 0.1) is 7.11 Å². The van der Waals surface area contributed by atoms with Gasteiger partial charge in [0.25, 0.3) is 0 Å². The number of carbonyl (C=O) groups is 1. The van der Waals surface area contributed by atoms with Gasteiger partial charge in [-0.2, -0.15) is 0 Å². The first kappa shape index (κ1) is 10.0. The van der Waals surface area contributed by atoms with Crippen molar-refractivity contribution in [3.8, 4) is 0 Å². The minimum atomic E-state index is -0.519. The largest absolute Gasteiger partial charge is 2.00 e. The number of methoxy groups -OCH3 is 1. The summed E-state index contributed by atoms with van der Waals surface area (Å²) in [6, 6.07) is 0. The van der Waals surface area contributed by atoms with E-state index in [0.29, 0.717) is 0 Å². The zero-order chi connectivity index (χ0) is 4.99. The molecule has 0 aromatic heterocycles. The van der Waals surface area contributed by atoms with Gasteiger partial charge in [0.15, 0.2) is 0 Å². The first-order valence-corrected chi connectivity index (χ1v) is 1.42. The van der Waals surface area contributed by atoms with E-state index in [4.69, 9.17) is 0 Å². The van der Waals surface area contributed by atoms with Crippen LogP contribution in [0.5, 0.6) is 0 Å². The van der Waals surface area contributed by atoms with Gasteiger partial charge in [0.2, 0.25) is 0 Å². The summed E-state index contributed by atoms with van der Waals surface area (Å²) in [5.74, 6) is -0.519. The number of esters is 1. The zero-order valence-corrected chi connectivity index (χ0v) is 6.87. The SMILES string of the molecule is C=[C-]C(=O)OC.[W+2]. The molecular formula is C4H5O2W+. The molecule has 0 saturated carbocycles. The third-order valence-corrected chi connectivity index (χ3v) is 0.330. The Hall–Kier alpha value is -0.102. The fourth-order valence-corrected chi connectivity index (χ4v) is 0.0722. The van der Waals surface area contributed by atoms with Gasteiger partial charge in [-0.3, -0.25) is 11.4 Å². The van der Waals surface area contributed by atoms with E-state index in [1.807, 2.05) is 6.08 Å². The molecule has 0 atom stereocenters. The quantitative estimate of drug-likeness (QED) is 0.384. The number of hydrogen-bond acceptors (Lipinski definition) is 2. The standard InChI is InChI=1S/C4H5O2.W/c1-3-4(5)6-2;/h1H2,2H3;/q-1;+2. The summed E-state index contributed by atoms with van der Waals surface area (Å²) in [6.45, 7) is 3.03. The summed E-state index contributed by atoms with van der Waals surface area (Å²) in [4.78, 5) is 9.78. The maximum absolute atomic E-state index is 9.78. The van der Waals surface area contributed by atoms with Crippen LogP contribution < -0.4 is 0 Å². The van der Waals surface area contributed by atoms with Crippen LogP contribution in [-0.4, -0.2) is 13.1 Å². The van der Waals surface area contributed by atoms with E-state index in [9.17, 15) is 4.79 Å². The van der Waals surface area contributed by atoms with Gasteiger partial charge in [-0.15, -0.1) is 0 Å². The van der Waals surface area contributed by atoms with E-state index in [1.165, 1.54) is 7.11 Å². The molecule has 0 rings (SSSR count). The molecule has 0 amide bonds. The second-order valence-electron chi connectivity index (χ2n) is 0.668. The van der Waals surface area contributed by atoms with Crippen molar-refractivity contribution in [3.05, 3.63) is 12.7 Å². The van der Waals surface area contributed by atoms with Crippen LogP contribution in [0, 0.1) is 6.08 Å². The van der Waals surface area contributed by atoms with E-state index in [1.54, 1.807) is 0 Å². The van der Waals surface area contributed by atoms with E-state index >= 15 is 0 Å². The summed E-state index contributed by atoms with van der Waals surface area (Å²) in [7, 11) is 1.28. The van der Waals surface area contributed by atoms with Crippen LogP contribution in [0.3, 0.4) is 0 Å². The molecule has 0 unspecified atom stereocenters.